The molecule has 0 saturated carbocycles. The smallest absolute Gasteiger partial charge is 0.271 e. The van der Waals surface area contributed by atoms with Gasteiger partial charge in [0.15, 0.2) is 4.80 Å². The minimum Gasteiger partial charge on any atom is -0.496 e. The molecule has 1 amide bonds. The number of thiazole rings is 1. The quantitative estimate of drug-likeness (QED) is 0.183. The lowest BCUT2D eigenvalue weighted by atomic mass is 9.90. The van der Waals surface area contributed by atoms with Crippen LogP contribution in [-0.2, 0) is 11.4 Å². The summed E-state index contributed by atoms with van der Waals surface area (Å²) in [5, 5.41) is 2.54. The molecular weight excluding hydrogens is 618 g/mol. The van der Waals surface area contributed by atoms with Gasteiger partial charge in [-0.1, -0.05) is 83.6 Å². The van der Waals surface area contributed by atoms with Crippen LogP contribution in [-0.4, -0.2) is 35.6 Å². The van der Waals surface area contributed by atoms with Crippen LogP contribution in [0.2, 0.25) is 5.02 Å². The van der Waals surface area contributed by atoms with Crippen LogP contribution < -0.4 is 24.4 Å². The number of rotatable bonds is 9. The number of ether oxygens (including phenoxy) is 2. The first-order chi connectivity index (χ1) is 22.3. The first kappa shape index (κ1) is 31.3. The molecule has 0 spiro atoms. The summed E-state index contributed by atoms with van der Waals surface area (Å²) in [5.41, 5.74) is 3.26. The number of likely N-dealkylation sites (N-methyl/N-ethyl adjacent to an activating group) is 1. The molecular formula is C37H34ClN3O4S. The number of nitrogens with zero attached hydrogens (tertiary/aromatic N) is 3. The van der Waals surface area contributed by atoms with E-state index in [0.717, 1.165) is 27.5 Å². The maximum atomic E-state index is 14.4. The summed E-state index contributed by atoms with van der Waals surface area (Å²) in [4.78, 5) is 35.7. The predicted molar refractivity (Wildman–Crippen MR) is 184 cm³/mol. The lowest BCUT2D eigenvalue weighted by Crippen LogP contribution is -2.43. The second-order valence-electron chi connectivity index (χ2n) is 10.9. The van der Waals surface area contributed by atoms with Crippen molar-refractivity contribution in [1.29, 1.82) is 0 Å². The van der Waals surface area contributed by atoms with Gasteiger partial charge in [0, 0.05) is 29.2 Å². The van der Waals surface area contributed by atoms with Crippen molar-refractivity contribution in [2.45, 2.75) is 33.4 Å². The van der Waals surface area contributed by atoms with E-state index < -0.39 is 6.04 Å². The van der Waals surface area contributed by atoms with Crippen LogP contribution >= 0.6 is 22.9 Å². The Kier molecular flexibility index (Phi) is 9.10. The van der Waals surface area contributed by atoms with Crippen LogP contribution in [0.15, 0.2) is 106 Å². The lowest BCUT2D eigenvalue weighted by molar-refractivity contribution is -0.127. The van der Waals surface area contributed by atoms with Crippen molar-refractivity contribution in [3.8, 4) is 11.5 Å². The van der Waals surface area contributed by atoms with Crippen molar-refractivity contribution < 1.29 is 14.3 Å². The Labute approximate surface area is 276 Å². The Morgan fingerprint density at radius 1 is 1.02 bits per heavy atom. The number of carbonyl (C=O) groups is 1. The Balaban J connectivity index is 1.50. The van der Waals surface area contributed by atoms with Gasteiger partial charge in [0.1, 0.15) is 24.1 Å². The maximum absolute atomic E-state index is 14.4. The number of aromatic nitrogens is 1. The van der Waals surface area contributed by atoms with Crippen molar-refractivity contribution in [3.63, 3.8) is 0 Å². The molecule has 7 nitrogen and oxygen atoms in total. The summed E-state index contributed by atoms with van der Waals surface area (Å²) in [5.74, 6) is 1.10. The third kappa shape index (κ3) is 5.86. The highest BCUT2D eigenvalue weighted by atomic mass is 35.5. The van der Waals surface area contributed by atoms with Crippen molar-refractivity contribution in [3.05, 3.63) is 138 Å². The first-order valence-electron chi connectivity index (χ1n) is 15.2. The van der Waals surface area contributed by atoms with Crippen LogP contribution in [0.25, 0.3) is 16.8 Å². The summed E-state index contributed by atoms with van der Waals surface area (Å²) >= 11 is 7.61. The Hall–Kier alpha value is -4.66. The third-order valence-electron chi connectivity index (χ3n) is 8.23. The molecule has 0 saturated heterocycles. The second-order valence-corrected chi connectivity index (χ2v) is 12.3. The monoisotopic (exact) mass is 651 g/mol. The van der Waals surface area contributed by atoms with E-state index in [0.29, 0.717) is 56.8 Å². The molecule has 4 aromatic carbocycles. The zero-order chi connectivity index (χ0) is 32.4. The van der Waals surface area contributed by atoms with E-state index in [1.54, 1.807) is 16.6 Å². The highest BCUT2D eigenvalue weighted by molar-refractivity contribution is 7.07. The van der Waals surface area contributed by atoms with Crippen LogP contribution in [0.3, 0.4) is 0 Å². The molecule has 0 radical (unpaired) electrons. The molecule has 0 fully saturated rings. The van der Waals surface area contributed by atoms with Gasteiger partial charge in [0.25, 0.3) is 11.5 Å². The van der Waals surface area contributed by atoms with E-state index in [2.05, 4.69) is 0 Å². The van der Waals surface area contributed by atoms with Gasteiger partial charge in [-0.25, -0.2) is 4.99 Å². The van der Waals surface area contributed by atoms with Crippen LogP contribution in [0, 0.1) is 0 Å². The minimum absolute atomic E-state index is 0.149. The summed E-state index contributed by atoms with van der Waals surface area (Å²) in [6, 6.07) is 26.2. The van der Waals surface area contributed by atoms with Crippen molar-refractivity contribution in [2.24, 2.45) is 4.99 Å². The average molecular weight is 652 g/mol. The summed E-state index contributed by atoms with van der Waals surface area (Å²) in [7, 11) is 1.61. The number of benzene rings is 4. The number of allylic oxidation sites excluding steroid dienone is 1. The van der Waals surface area contributed by atoms with Gasteiger partial charge in [0.2, 0.25) is 0 Å². The van der Waals surface area contributed by atoms with E-state index in [1.165, 1.54) is 11.3 Å². The Bertz CT molecular complexity index is 2160. The SMILES string of the molecule is CCN(CC)C(=O)C1=C(C)N=c2s/c(=C/c3cccc(OCc4ccccc4Cl)c3)c(=O)n2[C@@H]1c1c(OC)ccc2ccccc12. The number of fused-ring (bicyclic) bond motifs is 2. The number of amides is 1. The van der Waals surface area contributed by atoms with Gasteiger partial charge < -0.3 is 14.4 Å². The summed E-state index contributed by atoms with van der Waals surface area (Å²) < 4.78 is 14.1. The molecule has 1 atom stereocenters. The molecule has 1 aliphatic rings. The van der Waals surface area contributed by atoms with E-state index in [-0.39, 0.29) is 11.5 Å². The third-order valence-corrected chi connectivity index (χ3v) is 9.59. The number of methoxy groups -OCH3 is 1. The molecule has 46 heavy (non-hydrogen) atoms. The molecule has 0 aliphatic carbocycles. The molecule has 6 rings (SSSR count). The van der Waals surface area contributed by atoms with Crippen molar-refractivity contribution >= 4 is 45.7 Å². The summed E-state index contributed by atoms with van der Waals surface area (Å²) in [6.45, 7) is 7.13. The topological polar surface area (TPSA) is 73.1 Å². The number of hydrogen-bond acceptors (Lipinski definition) is 6. The van der Waals surface area contributed by atoms with Gasteiger partial charge in [-0.15, -0.1) is 0 Å². The Morgan fingerprint density at radius 2 is 1.78 bits per heavy atom. The van der Waals surface area contributed by atoms with Gasteiger partial charge in [-0.05, 0) is 67.4 Å². The van der Waals surface area contributed by atoms with Crippen molar-refractivity contribution in [2.75, 3.05) is 20.2 Å². The Morgan fingerprint density at radius 3 is 2.54 bits per heavy atom. The highest BCUT2D eigenvalue weighted by Crippen LogP contribution is 2.40. The molecule has 234 valence electrons. The van der Waals surface area contributed by atoms with Gasteiger partial charge >= 0.3 is 0 Å². The first-order valence-corrected chi connectivity index (χ1v) is 16.4. The molecule has 9 heteroatoms. The second kappa shape index (κ2) is 13.4. The molecule has 2 heterocycles. The zero-order valence-corrected chi connectivity index (χ0v) is 27.7. The fraction of sp³-hybridized carbons (Fsp3) is 0.216. The molecule has 1 aromatic heterocycles. The zero-order valence-electron chi connectivity index (χ0n) is 26.1. The average Bonchev–Trinajstić information content (AvgIpc) is 3.37. The maximum Gasteiger partial charge on any atom is 0.271 e. The number of halogens is 1. The van der Waals surface area contributed by atoms with Gasteiger partial charge in [0.05, 0.1) is 22.9 Å². The van der Waals surface area contributed by atoms with E-state index >= 15 is 0 Å². The van der Waals surface area contributed by atoms with E-state index in [9.17, 15) is 9.59 Å². The minimum atomic E-state index is -0.738. The van der Waals surface area contributed by atoms with E-state index in [1.807, 2.05) is 112 Å². The van der Waals surface area contributed by atoms with Crippen LogP contribution in [0.5, 0.6) is 11.5 Å². The standard InChI is InChI=1S/C37H34ClN3O4S/c1-5-40(6-2)36(43)32-23(3)39-37-41(34(32)33-28-16-9-7-13-25(28)18-19-30(33)44-4)35(42)31(46-37)21-24-12-11-15-27(20-24)45-22-26-14-8-10-17-29(26)38/h7-21,34H,5-6,22H2,1-4H3/b31-21+/t34-/m0/s1. The molecule has 0 unspecified atom stereocenters. The molecule has 0 N–H and O–H groups in total. The summed E-state index contributed by atoms with van der Waals surface area (Å²) in [6.07, 6.45) is 1.84. The normalized spacial score (nSPS) is 14.6. The van der Waals surface area contributed by atoms with Gasteiger partial charge in [-0.2, -0.15) is 0 Å². The van der Waals surface area contributed by atoms with Gasteiger partial charge in [-0.3, -0.25) is 14.2 Å². The largest absolute Gasteiger partial charge is 0.496 e. The fourth-order valence-corrected chi connectivity index (χ4v) is 7.14. The number of carbonyl (C=O) groups excluding carboxylic acids is 1. The molecule has 5 aromatic rings. The molecule has 0 bridgehead atoms. The highest BCUT2D eigenvalue weighted by Gasteiger charge is 2.36. The fourth-order valence-electron chi connectivity index (χ4n) is 5.91. The van der Waals surface area contributed by atoms with Crippen LogP contribution in [0.1, 0.15) is 43.5 Å². The van der Waals surface area contributed by atoms with Crippen molar-refractivity contribution in [1.82, 2.24) is 9.47 Å². The van der Waals surface area contributed by atoms with E-state index in [4.69, 9.17) is 26.1 Å². The molecule has 1 aliphatic heterocycles. The predicted octanol–water partition coefficient (Wildman–Crippen LogP) is 6.50. The lowest BCUT2D eigenvalue weighted by Gasteiger charge is -2.30. The van der Waals surface area contributed by atoms with Crippen LogP contribution in [0.4, 0.5) is 0 Å². The number of hydrogen-bond donors (Lipinski definition) is 0.